The third kappa shape index (κ3) is 4.39. The number of carbonyl (C=O) groups is 1. The molecule has 0 radical (unpaired) electrons. The molecule has 0 spiro atoms. The number of aryl methyl sites for hydroxylation is 1. The average Bonchev–Trinajstić information content (AvgIpc) is 3.24. The second-order valence-electron chi connectivity index (χ2n) is 7.44. The molecule has 0 unspecified atom stereocenters. The second kappa shape index (κ2) is 8.72. The van der Waals surface area contributed by atoms with Crippen LogP contribution in [0.15, 0.2) is 60.7 Å². The van der Waals surface area contributed by atoms with Crippen LogP contribution in [0.5, 0.6) is 5.75 Å². The van der Waals surface area contributed by atoms with Gasteiger partial charge in [0.25, 0.3) is 0 Å². The first-order chi connectivity index (χ1) is 14.5. The highest BCUT2D eigenvalue weighted by atomic mass is 35.5. The Kier molecular flexibility index (Phi) is 5.86. The summed E-state index contributed by atoms with van der Waals surface area (Å²) in [4.78, 5) is 15.7. The topological polar surface area (TPSA) is 59.4 Å². The molecular formula is C25H22ClNO3. The summed E-state index contributed by atoms with van der Waals surface area (Å²) in [5, 5.41) is 9.93. The van der Waals surface area contributed by atoms with Gasteiger partial charge in [0.2, 0.25) is 0 Å². The molecule has 0 fully saturated rings. The van der Waals surface area contributed by atoms with Crippen LogP contribution in [0.1, 0.15) is 52.1 Å². The van der Waals surface area contributed by atoms with E-state index in [4.69, 9.17) is 16.3 Å². The lowest BCUT2D eigenvalue weighted by Crippen LogP contribution is -2.02. The van der Waals surface area contributed by atoms with E-state index in [1.54, 1.807) is 6.07 Å². The van der Waals surface area contributed by atoms with E-state index in [0.717, 1.165) is 47.3 Å². The van der Waals surface area contributed by atoms with Gasteiger partial charge in [-0.3, -0.25) is 0 Å². The number of hydrogen-bond acceptors (Lipinski definition) is 3. The first-order valence-electron chi connectivity index (χ1n) is 9.92. The first-order valence-corrected chi connectivity index (χ1v) is 10.3. The van der Waals surface area contributed by atoms with Crippen molar-refractivity contribution in [2.75, 3.05) is 0 Å². The lowest BCUT2D eigenvalue weighted by Gasteiger charge is -2.15. The van der Waals surface area contributed by atoms with E-state index in [1.165, 1.54) is 11.6 Å². The van der Waals surface area contributed by atoms with Gasteiger partial charge in [0.1, 0.15) is 18.1 Å². The molecule has 3 aromatic rings. The van der Waals surface area contributed by atoms with Crippen molar-refractivity contribution in [3.05, 3.63) is 93.8 Å². The monoisotopic (exact) mass is 419 g/mol. The molecular weight excluding hydrogens is 398 g/mol. The molecule has 5 heteroatoms. The molecule has 4 rings (SSSR count). The number of allylic oxidation sites excluding steroid dienone is 2. The lowest BCUT2D eigenvalue weighted by atomic mass is 9.99. The van der Waals surface area contributed by atoms with Crippen LogP contribution < -0.4 is 4.74 Å². The number of halogens is 1. The maximum Gasteiger partial charge on any atom is 0.354 e. The minimum absolute atomic E-state index is 0.0492. The predicted octanol–water partition coefficient (Wildman–Crippen LogP) is 6.42. The Balaban J connectivity index is 1.70. The van der Waals surface area contributed by atoms with Crippen LogP contribution >= 0.6 is 11.6 Å². The Hall–Kier alpha value is -3.11. The van der Waals surface area contributed by atoms with Crippen molar-refractivity contribution in [1.29, 1.82) is 0 Å². The maximum atomic E-state index is 11.3. The molecule has 2 aromatic carbocycles. The van der Waals surface area contributed by atoms with Crippen molar-refractivity contribution in [2.24, 2.45) is 0 Å². The summed E-state index contributed by atoms with van der Waals surface area (Å²) in [6, 6.07) is 19.0. The summed E-state index contributed by atoms with van der Waals surface area (Å²) < 4.78 is 6.17. The molecule has 0 bridgehead atoms. The minimum atomic E-state index is -1.03. The molecule has 0 atom stereocenters. The highest BCUT2D eigenvalue weighted by Gasteiger charge is 2.22. The molecule has 1 aliphatic carbocycles. The summed E-state index contributed by atoms with van der Waals surface area (Å²) in [5.74, 6) is -0.259. The fraction of sp³-hybridized carbons (Fsp3) is 0.200. The average molecular weight is 420 g/mol. The van der Waals surface area contributed by atoms with Gasteiger partial charge in [-0.2, -0.15) is 0 Å². The fourth-order valence-corrected chi connectivity index (χ4v) is 3.93. The number of aromatic nitrogens is 1. The van der Waals surface area contributed by atoms with Gasteiger partial charge >= 0.3 is 5.97 Å². The highest BCUT2D eigenvalue weighted by Crippen LogP contribution is 2.43. The molecule has 0 amide bonds. The molecule has 0 saturated heterocycles. The van der Waals surface area contributed by atoms with E-state index in [1.807, 2.05) is 24.3 Å². The number of carboxylic acids is 1. The summed E-state index contributed by atoms with van der Waals surface area (Å²) in [7, 11) is 0. The van der Waals surface area contributed by atoms with Crippen molar-refractivity contribution in [2.45, 2.75) is 32.8 Å². The van der Waals surface area contributed by atoms with Gasteiger partial charge in [-0.15, -0.1) is 0 Å². The van der Waals surface area contributed by atoms with Crippen LogP contribution in [-0.2, 0) is 6.61 Å². The van der Waals surface area contributed by atoms with Gasteiger partial charge in [0, 0.05) is 10.6 Å². The van der Waals surface area contributed by atoms with E-state index >= 15 is 0 Å². The molecule has 1 aliphatic rings. The Morgan fingerprint density at radius 1 is 1.07 bits per heavy atom. The third-order valence-electron chi connectivity index (χ3n) is 5.28. The first kappa shape index (κ1) is 20.2. The van der Waals surface area contributed by atoms with E-state index in [2.05, 4.69) is 36.2 Å². The number of nitrogens with zero attached hydrogens (tertiary/aromatic N) is 1. The molecule has 0 aliphatic heterocycles. The second-order valence-corrected chi connectivity index (χ2v) is 7.88. The number of benzene rings is 2. The van der Waals surface area contributed by atoms with Crippen molar-refractivity contribution in [1.82, 2.24) is 4.98 Å². The Labute approximate surface area is 180 Å². The van der Waals surface area contributed by atoms with Gasteiger partial charge in [-0.25, -0.2) is 9.78 Å². The molecule has 1 heterocycles. The number of aromatic carboxylic acids is 1. The Bertz CT molecular complexity index is 1120. The number of rotatable bonds is 6. The summed E-state index contributed by atoms with van der Waals surface area (Å²) in [6.45, 7) is 2.52. The molecule has 4 nitrogen and oxygen atoms in total. The normalized spacial score (nSPS) is 13.5. The van der Waals surface area contributed by atoms with Crippen LogP contribution in [-0.4, -0.2) is 16.1 Å². The number of carboxylic acid groups (broad SMARTS) is 1. The van der Waals surface area contributed by atoms with Crippen LogP contribution in [0.2, 0.25) is 5.02 Å². The maximum absolute atomic E-state index is 11.3. The molecule has 30 heavy (non-hydrogen) atoms. The minimum Gasteiger partial charge on any atom is -0.488 e. The quantitative estimate of drug-likeness (QED) is 0.501. The van der Waals surface area contributed by atoms with Gasteiger partial charge in [0.05, 0.1) is 5.69 Å². The van der Waals surface area contributed by atoms with Crippen molar-refractivity contribution >= 4 is 28.7 Å². The summed E-state index contributed by atoms with van der Waals surface area (Å²) in [5.41, 5.74) is 6.18. The fourth-order valence-electron chi connectivity index (χ4n) is 3.75. The van der Waals surface area contributed by atoms with Gasteiger partial charge in [0.15, 0.2) is 0 Å². The zero-order valence-corrected chi connectivity index (χ0v) is 17.4. The van der Waals surface area contributed by atoms with E-state index in [9.17, 15) is 9.90 Å². The Morgan fingerprint density at radius 2 is 1.83 bits per heavy atom. The van der Waals surface area contributed by atoms with Crippen molar-refractivity contribution < 1.29 is 14.6 Å². The molecule has 1 aromatic heterocycles. The smallest absolute Gasteiger partial charge is 0.354 e. The number of pyridine rings is 1. The third-order valence-corrected chi connectivity index (χ3v) is 5.51. The molecule has 1 N–H and O–H groups in total. The van der Waals surface area contributed by atoms with Crippen molar-refractivity contribution in [3.8, 4) is 5.75 Å². The summed E-state index contributed by atoms with van der Waals surface area (Å²) in [6.07, 6.45) is 2.69. The largest absolute Gasteiger partial charge is 0.488 e. The zero-order valence-electron chi connectivity index (χ0n) is 16.7. The van der Waals surface area contributed by atoms with Gasteiger partial charge in [-0.1, -0.05) is 47.5 Å². The lowest BCUT2D eigenvalue weighted by molar-refractivity contribution is 0.0690. The SMILES string of the molecule is Cc1ccc(COc2ccc(Cl)cc2C2=C(c3cccc(C(=O)O)n3)CCC2)cc1. The van der Waals surface area contributed by atoms with Gasteiger partial charge in [-0.05, 0) is 73.2 Å². The number of hydrogen-bond donors (Lipinski definition) is 1. The van der Waals surface area contributed by atoms with Gasteiger partial charge < -0.3 is 9.84 Å². The van der Waals surface area contributed by atoms with E-state index in [0.29, 0.717) is 17.3 Å². The standard InChI is InChI=1S/C25H22ClNO3/c1-16-8-10-17(11-9-16)15-30-24-13-12-18(26)14-21(24)19-4-2-5-20(19)22-6-3-7-23(27-22)25(28)29/h3,6-14H,2,4-5,15H2,1H3,(H,28,29). The molecule has 0 saturated carbocycles. The predicted molar refractivity (Wildman–Crippen MR) is 119 cm³/mol. The molecule has 152 valence electrons. The Morgan fingerprint density at radius 3 is 2.60 bits per heavy atom. The highest BCUT2D eigenvalue weighted by molar-refractivity contribution is 6.30. The van der Waals surface area contributed by atoms with Crippen LogP contribution in [0.4, 0.5) is 0 Å². The van der Waals surface area contributed by atoms with Crippen LogP contribution in [0.3, 0.4) is 0 Å². The van der Waals surface area contributed by atoms with E-state index < -0.39 is 5.97 Å². The van der Waals surface area contributed by atoms with Crippen LogP contribution in [0.25, 0.3) is 11.1 Å². The number of ether oxygens (including phenoxy) is 1. The van der Waals surface area contributed by atoms with Crippen LogP contribution in [0, 0.1) is 6.92 Å². The zero-order chi connectivity index (χ0) is 21.1. The van der Waals surface area contributed by atoms with Crippen molar-refractivity contribution in [3.63, 3.8) is 0 Å². The van der Waals surface area contributed by atoms with E-state index in [-0.39, 0.29) is 5.69 Å². The summed E-state index contributed by atoms with van der Waals surface area (Å²) >= 11 is 6.32.